The Morgan fingerprint density at radius 1 is 1.32 bits per heavy atom. The number of aryl methyl sites for hydroxylation is 2. The van der Waals surface area contributed by atoms with Crippen molar-refractivity contribution in [3.63, 3.8) is 0 Å². The summed E-state index contributed by atoms with van der Waals surface area (Å²) in [5.41, 5.74) is 0.858. The maximum absolute atomic E-state index is 9.09. The van der Waals surface area contributed by atoms with E-state index >= 15 is 0 Å². The van der Waals surface area contributed by atoms with Crippen LogP contribution in [-0.2, 0) is 20.2 Å². The third-order valence-corrected chi connectivity index (χ3v) is 4.28. The highest BCUT2D eigenvalue weighted by molar-refractivity contribution is 7.99. The number of thioether (sulfide) groups is 1. The molecule has 0 spiro atoms. The van der Waals surface area contributed by atoms with Crippen molar-refractivity contribution in [2.24, 2.45) is 7.05 Å². The van der Waals surface area contributed by atoms with Crippen molar-refractivity contribution in [2.75, 3.05) is 5.75 Å². The van der Waals surface area contributed by atoms with E-state index in [1.807, 2.05) is 30.9 Å². The zero-order valence-corrected chi connectivity index (χ0v) is 12.2. The lowest BCUT2D eigenvalue weighted by Crippen LogP contribution is -2.00. The predicted octanol–water partition coefficient (Wildman–Crippen LogP) is 1.99. The molecular formula is C13H20N4OS. The summed E-state index contributed by atoms with van der Waals surface area (Å²) in [6.45, 7) is 3.10. The van der Waals surface area contributed by atoms with Crippen LogP contribution in [-0.4, -0.2) is 30.0 Å². The van der Waals surface area contributed by atoms with Gasteiger partial charge in [0.15, 0.2) is 5.16 Å². The van der Waals surface area contributed by atoms with Gasteiger partial charge < -0.3 is 14.2 Å². The largest absolute Gasteiger partial charge is 0.390 e. The number of unbranched alkanes of at least 4 members (excludes halogenated alkanes) is 1. The smallest absolute Gasteiger partial charge is 0.167 e. The molecular weight excluding hydrogens is 260 g/mol. The second kappa shape index (κ2) is 6.77. The molecule has 2 heterocycles. The van der Waals surface area contributed by atoms with Crippen LogP contribution in [0.5, 0.6) is 0 Å². The molecule has 2 aromatic heterocycles. The molecule has 0 amide bonds. The minimum Gasteiger partial charge on any atom is -0.390 e. The van der Waals surface area contributed by atoms with Gasteiger partial charge in [0.25, 0.3) is 0 Å². The molecule has 0 aliphatic rings. The third-order valence-electron chi connectivity index (χ3n) is 3.15. The van der Waals surface area contributed by atoms with Crippen LogP contribution in [0.25, 0.3) is 0 Å². The fraction of sp³-hybridized carbons (Fsp3) is 0.538. The minimum atomic E-state index is 0.0456. The molecule has 0 atom stereocenters. The van der Waals surface area contributed by atoms with Crippen molar-refractivity contribution in [1.29, 1.82) is 0 Å². The highest BCUT2D eigenvalue weighted by Crippen LogP contribution is 2.18. The summed E-state index contributed by atoms with van der Waals surface area (Å²) in [5.74, 6) is 2.12. The highest BCUT2D eigenvalue weighted by Gasteiger charge is 2.05. The average molecular weight is 280 g/mol. The second-order valence-electron chi connectivity index (χ2n) is 4.47. The van der Waals surface area contributed by atoms with Crippen LogP contribution in [0, 0.1) is 6.92 Å². The normalized spacial score (nSPS) is 11.1. The highest BCUT2D eigenvalue weighted by atomic mass is 32.2. The summed E-state index contributed by atoms with van der Waals surface area (Å²) in [7, 11) is 1.94. The van der Waals surface area contributed by atoms with Gasteiger partial charge in [-0.3, -0.25) is 0 Å². The van der Waals surface area contributed by atoms with Gasteiger partial charge in [-0.05, 0) is 19.8 Å². The topological polar surface area (TPSA) is 55.9 Å². The molecule has 0 aromatic carbocycles. The Morgan fingerprint density at radius 3 is 2.79 bits per heavy atom. The maximum Gasteiger partial charge on any atom is 0.167 e. The number of nitrogens with zero attached hydrogens (tertiary/aromatic N) is 4. The first kappa shape index (κ1) is 14.1. The average Bonchev–Trinajstić information content (AvgIpc) is 2.96. The van der Waals surface area contributed by atoms with Gasteiger partial charge in [-0.1, -0.05) is 11.8 Å². The van der Waals surface area contributed by atoms with Crippen LogP contribution in [0.1, 0.15) is 24.4 Å². The first-order valence-electron chi connectivity index (χ1n) is 6.44. The summed E-state index contributed by atoms with van der Waals surface area (Å²) in [6.07, 6.45) is 7.88. The molecule has 0 bridgehead atoms. The first-order valence-corrected chi connectivity index (χ1v) is 7.43. The molecule has 2 aromatic rings. The van der Waals surface area contributed by atoms with Gasteiger partial charge in [-0.15, -0.1) is 0 Å². The molecule has 0 fully saturated rings. The molecule has 2 rings (SSSR count). The zero-order chi connectivity index (χ0) is 13.7. The molecule has 5 nitrogen and oxygen atoms in total. The van der Waals surface area contributed by atoms with Crippen LogP contribution in [0.4, 0.5) is 0 Å². The summed E-state index contributed by atoms with van der Waals surface area (Å²) in [5, 5.41) is 10.1. The zero-order valence-electron chi connectivity index (χ0n) is 11.4. The van der Waals surface area contributed by atoms with E-state index in [4.69, 9.17) is 5.11 Å². The molecule has 19 heavy (non-hydrogen) atoms. The molecule has 0 saturated heterocycles. The quantitative estimate of drug-likeness (QED) is 0.622. The maximum atomic E-state index is 9.09. The molecule has 6 heteroatoms. The van der Waals surface area contributed by atoms with Crippen molar-refractivity contribution in [3.05, 3.63) is 30.1 Å². The summed E-state index contributed by atoms with van der Waals surface area (Å²) >= 11 is 1.74. The lowest BCUT2D eigenvalue weighted by Gasteiger charge is -2.05. The molecule has 0 unspecified atom stereocenters. The van der Waals surface area contributed by atoms with E-state index in [1.54, 1.807) is 18.0 Å². The van der Waals surface area contributed by atoms with Crippen LogP contribution in [0.15, 0.2) is 23.7 Å². The number of hydrogen-bond acceptors (Lipinski definition) is 4. The number of aliphatic hydroxyl groups is 1. The van der Waals surface area contributed by atoms with E-state index in [0.717, 1.165) is 41.8 Å². The Labute approximate surface area is 117 Å². The van der Waals surface area contributed by atoms with Gasteiger partial charge in [0, 0.05) is 31.7 Å². The molecule has 0 aliphatic carbocycles. The van der Waals surface area contributed by atoms with E-state index in [9.17, 15) is 0 Å². The summed E-state index contributed by atoms with van der Waals surface area (Å²) < 4.78 is 4.12. The van der Waals surface area contributed by atoms with Crippen LogP contribution in [0.3, 0.4) is 0 Å². The molecule has 0 radical (unpaired) electrons. The van der Waals surface area contributed by atoms with Gasteiger partial charge in [0.1, 0.15) is 5.82 Å². The minimum absolute atomic E-state index is 0.0456. The van der Waals surface area contributed by atoms with Gasteiger partial charge in [-0.25, -0.2) is 9.97 Å². The van der Waals surface area contributed by atoms with Crippen LogP contribution < -0.4 is 0 Å². The lowest BCUT2D eigenvalue weighted by molar-refractivity contribution is 0.271. The van der Waals surface area contributed by atoms with E-state index in [1.165, 1.54) is 0 Å². The monoisotopic (exact) mass is 280 g/mol. The number of aliphatic hydroxyl groups excluding tert-OH is 1. The van der Waals surface area contributed by atoms with Crippen molar-refractivity contribution in [1.82, 2.24) is 19.1 Å². The van der Waals surface area contributed by atoms with Gasteiger partial charge in [0.05, 0.1) is 18.5 Å². The van der Waals surface area contributed by atoms with Crippen LogP contribution >= 0.6 is 11.8 Å². The Bertz CT molecular complexity index is 520. The van der Waals surface area contributed by atoms with E-state index in [0.29, 0.717) is 0 Å². The van der Waals surface area contributed by atoms with Crippen molar-refractivity contribution in [2.45, 2.75) is 38.1 Å². The molecule has 1 N–H and O–H groups in total. The fourth-order valence-electron chi connectivity index (χ4n) is 1.89. The van der Waals surface area contributed by atoms with Gasteiger partial charge >= 0.3 is 0 Å². The number of aromatic nitrogens is 4. The Hall–Kier alpha value is -1.27. The standard InChI is InChI=1S/C13H20N4OS/c1-11-14-5-7-17(11)6-3-4-8-19-13-15-9-12(10-18)16(13)2/h5,7,9,18H,3-4,6,8,10H2,1-2H3. The third kappa shape index (κ3) is 3.61. The van der Waals surface area contributed by atoms with E-state index in [-0.39, 0.29) is 6.61 Å². The number of imidazole rings is 2. The van der Waals surface area contributed by atoms with Crippen molar-refractivity contribution in [3.8, 4) is 0 Å². The number of rotatable bonds is 7. The van der Waals surface area contributed by atoms with Gasteiger partial charge in [0.2, 0.25) is 0 Å². The fourth-order valence-corrected chi connectivity index (χ4v) is 2.86. The number of hydrogen-bond donors (Lipinski definition) is 1. The SMILES string of the molecule is Cc1nccn1CCCCSc1ncc(CO)n1C. The first-order chi connectivity index (χ1) is 9.22. The Morgan fingerprint density at radius 2 is 2.16 bits per heavy atom. The van der Waals surface area contributed by atoms with Crippen molar-refractivity contribution >= 4 is 11.8 Å². The van der Waals surface area contributed by atoms with E-state index < -0.39 is 0 Å². The molecule has 104 valence electrons. The predicted molar refractivity (Wildman–Crippen MR) is 76.1 cm³/mol. The lowest BCUT2D eigenvalue weighted by atomic mass is 10.3. The molecule has 0 aliphatic heterocycles. The van der Waals surface area contributed by atoms with Crippen molar-refractivity contribution < 1.29 is 5.11 Å². The van der Waals surface area contributed by atoms with E-state index in [2.05, 4.69) is 14.5 Å². The summed E-state index contributed by atoms with van der Waals surface area (Å²) in [4.78, 5) is 8.51. The Kier molecular flexibility index (Phi) is 5.04. The summed E-state index contributed by atoms with van der Waals surface area (Å²) in [6, 6.07) is 0. The van der Waals surface area contributed by atoms with Crippen LogP contribution in [0.2, 0.25) is 0 Å². The second-order valence-corrected chi connectivity index (χ2v) is 5.53. The Balaban J connectivity index is 1.69. The molecule has 0 saturated carbocycles. The van der Waals surface area contributed by atoms with Gasteiger partial charge in [-0.2, -0.15) is 0 Å².